The highest BCUT2D eigenvalue weighted by Crippen LogP contribution is 1.94. The monoisotopic (exact) mass is 185 g/mol. The lowest BCUT2D eigenvalue weighted by molar-refractivity contribution is 0.241. The van der Waals surface area contributed by atoms with Crippen LogP contribution in [-0.2, 0) is 6.42 Å². The van der Waals surface area contributed by atoms with Crippen LogP contribution >= 0.6 is 0 Å². The number of hydrogen-bond donors (Lipinski definition) is 3. The predicted octanol–water partition coefficient (Wildman–Crippen LogP) is -0.907. The molecule has 0 fully saturated rings. The van der Waals surface area contributed by atoms with E-state index in [-0.39, 0.29) is 0 Å². The summed E-state index contributed by atoms with van der Waals surface area (Å²) in [4.78, 5) is 14.5. The van der Waals surface area contributed by atoms with Crippen molar-refractivity contribution in [3.63, 3.8) is 0 Å². The topological polar surface area (TPSA) is 106 Å². The van der Waals surface area contributed by atoms with Gasteiger partial charge in [-0.3, -0.25) is 5.43 Å². The first kappa shape index (κ1) is 9.46. The van der Waals surface area contributed by atoms with E-state index in [0.717, 1.165) is 0 Å². The van der Waals surface area contributed by atoms with Crippen molar-refractivity contribution >= 4 is 6.03 Å². The van der Waals surface area contributed by atoms with Gasteiger partial charge < -0.3 is 9.84 Å². The zero-order valence-electron chi connectivity index (χ0n) is 7.20. The number of amides is 2. The second-order valence-electron chi connectivity index (χ2n) is 2.38. The van der Waals surface area contributed by atoms with Crippen LogP contribution in [0.15, 0.2) is 4.52 Å². The summed E-state index contributed by atoms with van der Waals surface area (Å²) in [7, 11) is 0. The summed E-state index contributed by atoms with van der Waals surface area (Å²) in [6, 6.07) is -0.430. The largest absolute Gasteiger partial charge is 0.340 e. The van der Waals surface area contributed by atoms with Gasteiger partial charge in [0.1, 0.15) is 0 Å². The van der Waals surface area contributed by atoms with Crippen LogP contribution < -0.4 is 16.6 Å². The molecule has 0 aliphatic rings. The van der Waals surface area contributed by atoms with Crippen molar-refractivity contribution in [2.24, 2.45) is 5.84 Å². The SMILES string of the molecule is Cc1nc(CCNC(=O)NN)no1. The molecule has 72 valence electrons. The minimum Gasteiger partial charge on any atom is -0.340 e. The summed E-state index contributed by atoms with van der Waals surface area (Å²) in [5.41, 5.74) is 1.94. The van der Waals surface area contributed by atoms with Crippen LogP contribution in [0.5, 0.6) is 0 Å². The Hall–Kier alpha value is -1.63. The van der Waals surface area contributed by atoms with Crippen molar-refractivity contribution in [1.82, 2.24) is 20.9 Å². The number of urea groups is 1. The van der Waals surface area contributed by atoms with Crippen LogP contribution in [0.25, 0.3) is 0 Å². The number of hydrazine groups is 1. The highest BCUT2D eigenvalue weighted by molar-refractivity contribution is 5.72. The van der Waals surface area contributed by atoms with Crippen LogP contribution in [0, 0.1) is 6.92 Å². The molecule has 2 amide bonds. The number of hydrogen-bond acceptors (Lipinski definition) is 5. The Balaban J connectivity index is 2.24. The smallest absolute Gasteiger partial charge is 0.328 e. The lowest BCUT2D eigenvalue weighted by Crippen LogP contribution is -2.40. The van der Waals surface area contributed by atoms with E-state index >= 15 is 0 Å². The standard InChI is InChI=1S/C6H11N5O2/c1-4-9-5(11-13-4)2-3-8-6(12)10-7/h2-3,7H2,1H3,(H2,8,10,12). The fourth-order valence-electron chi connectivity index (χ4n) is 0.782. The van der Waals surface area contributed by atoms with Gasteiger partial charge in [-0.25, -0.2) is 10.6 Å². The molecule has 1 aromatic heterocycles. The van der Waals surface area contributed by atoms with E-state index in [0.29, 0.717) is 24.7 Å². The summed E-state index contributed by atoms with van der Waals surface area (Å²) in [6.07, 6.45) is 0.519. The minimum atomic E-state index is -0.430. The summed E-state index contributed by atoms with van der Waals surface area (Å²) in [5, 5.41) is 6.14. The highest BCUT2D eigenvalue weighted by Gasteiger charge is 2.02. The molecule has 1 aromatic rings. The van der Waals surface area contributed by atoms with Crippen molar-refractivity contribution in [1.29, 1.82) is 0 Å². The molecule has 0 bridgehead atoms. The number of nitrogens with one attached hydrogen (secondary N) is 2. The average Bonchev–Trinajstić information content (AvgIpc) is 2.51. The molecule has 7 nitrogen and oxygen atoms in total. The molecule has 0 aromatic carbocycles. The number of rotatable bonds is 3. The van der Waals surface area contributed by atoms with Gasteiger partial charge >= 0.3 is 6.03 Å². The Morgan fingerprint density at radius 3 is 3.00 bits per heavy atom. The van der Waals surface area contributed by atoms with Gasteiger partial charge in [-0.2, -0.15) is 4.98 Å². The van der Waals surface area contributed by atoms with Crippen LogP contribution in [0.1, 0.15) is 11.7 Å². The van der Waals surface area contributed by atoms with E-state index in [1.165, 1.54) is 0 Å². The van der Waals surface area contributed by atoms with Crippen LogP contribution in [0.4, 0.5) is 4.79 Å². The number of carbonyl (C=O) groups excluding carboxylic acids is 1. The summed E-state index contributed by atoms with van der Waals surface area (Å²) >= 11 is 0. The molecule has 0 saturated carbocycles. The van der Waals surface area contributed by atoms with Gasteiger partial charge in [0.2, 0.25) is 5.89 Å². The number of aryl methyl sites for hydroxylation is 1. The summed E-state index contributed by atoms with van der Waals surface area (Å²) in [6.45, 7) is 2.12. The molecule has 0 saturated heterocycles. The zero-order valence-corrected chi connectivity index (χ0v) is 7.20. The summed E-state index contributed by atoms with van der Waals surface area (Å²) in [5.74, 6) is 5.92. The Bertz CT molecular complexity index is 284. The van der Waals surface area contributed by atoms with Gasteiger partial charge in [0.15, 0.2) is 5.82 Å². The first-order valence-electron chi connectivity index (χ1n) is 3.76. The highest BCUT2D eigenvalue weighted by atomic mass is 16.5. The van der Waals surface area contributed by atoms with Crippen LogP contribution in [0.2, 0.25) is 0 Å². The molecule has 0 aliphatic heterocycles. The molecule has 0 radical (unpaired) electrons. The molecule has 1 rings (SSSR count). The van der Waals surface area contributed by atoms with Gasteiger partial charge in [-0.05, 0) is 0 Å². The second kappa shape index (κ2) is 4.41. The molecule has 1 heterocycles. The maximum absolute atomic E-state index is 10.6. The van der Waals surface area contributed by atoms with Crippen molar-refractivity contribution < 1.29 is 9.32 Å². The van der Waals surface area contributed by atoms with Crippen molar-refractivity contribution in [2.45, 2.75) is 13.3 Å². The summed E-state index contributed by atoms with van der Waals surface area (Å²) < 4.78 is 4.73. The Morgan fingerprint density at radius 2 is 2.46 bits per heavy atom. The lowest BCUT2D eigenvalue weighted by Gasteiger charge is -2.00. The van der Waals surface area contributed by atoms with E-state index in [1.54, 1.807) is 6.92 Å². The molecular weight excluding hydrogens is 174 g/mol. The van der Waals surface area contributed by atoms with E-state index in [2.05, 4.69) is 15.5 Å². The van der Waals surface area contributed by atoms with Gasteiger partial charge in [-0.1, -0.05) is 5.16 Å². The number of nitrogens with two attached hydrogens (primary N) is 1. The maximum Gasteiger partial charge on any atom is 0.328 e. The van der Waals surface area contributed by atoms with Gasteiger partial charge in [-0.15, -0.1) is 0 Å². The minimum absolute atomic E-state index is 0.419. The second-order valence-corrected chi connectivity index (χ2v) is 2.38. The first-order valence-corrected chi connectivity index (χ1v) is 3.76. The Kier molecular flexibility index (Phi) is 3.21. The Labute approximate surface area is 74.6 Å². The van der Waals surface area contributed by atoms with Crippen LogP contribution in [-0.4, -0.2) is 22.7 Å². The average molecular weight is 185 g/mol. The molecule has 13 heavy (non-hydrogen) atoms. The fraction of sp³-hybridized carbons (Fsp3) is 0.500. The molecule has 0 unspecified atom stereocenters. The van der Waals surface area contributed by atoms with E-state index in [9.17, 15) is 4.79 Å². The first-order chi connectivity index (χ1) is 6.22. The Morgan fingerprint density at radius 1 is 1.69 bits per heavy atom. The molecular formula is C6H11N5O2. The van der Waals surface area contributed by atoms with E-state index in [4.69, 9.17) is 10.4 Å². The number of nitrogens with zero attached hydrogens (tertiary/aromatic N) is 2. The number of aromatic nitrogens is 2. The maximum atomic E-state index is 10.6. The third-order valence-corrected chi connectivity index (χ3v) is 1.33. The normalized spacial score (nSPS) is 9.69. The molecule has 7 heteroatoms. The van der Waals surface area contributed by atoms with Gasteiger partial charge in [0.05, 0.1) is 0 Å². The molecule has 4 N–H and O–H groups in total. The van der Waals surface area contributed by atoms with Gasteiger partial charge in [0, 0.05) is 19.9 Å². The quantitative estimate of drug-likeness (QED) is 0.321. The molecule has 0 spiro atoms. The molecule has 0 atom stereocenters. The van der Waals surface area contributed by atoms with Crippen molar-refractivity contribution in [2.75, 3.05) is 6.54 Å². The van der Waals surface area contributed by atoms with E-state index in [1.807, 2.05) is 5.43 Å². The third kappa shape index (κ3) is 3.08. The lowest BCUT2D eigenvalue weighted by atomic mass is 10.4. The third-order valence-electron chi connectivity index (χ3n) is 1.33. The zero-order chi connectivity index (χ0) is 9.68. The van der Waals surface area contributed by atoms with Crippen molar-refractivity contribution in [3.05, 3.63) is 11.7 Å². The van der Waals surface area contributed by atoms with Gasteiger partial charge in [0.25, 0.3) is 0 Å². The predicted molar refractivity (Wildman–Crippen MR) is 43.5 cm³/mol. The molecule has 0 aliphatic carbocycles. The van der Waals surface area contributed by atoms with E-state index < -0.39 is 6.03 Å². The number of carbonyl (C=O) groups is 1. The van der Waals surface area contributed by atoms with Crippen molar-refractivity contribution in [3.8, 4) is 0 Å². The van der Waals surface area contributed by atoms with Crippen LogP contribution in [0.3, 0.4) is 0 Å². The fourth-order valence-corrected chi connectivity index (χ4v) is 0.782.